The topological polar surface area (TPSA) is 113 Å². The highest BCUT2D eigenvalue weighted by Crippen LogP contribution is 2.35. The predicted molar refractivity (Wildman–Crippen MR) is 143 cm³/mol. The van der Waals surface area contributed by atoms with Crippen LogP contribution in [-0.2, 0) is 20.0 Å². The maximum Gasteiger partial charge on any atom is 0.247 e. The summed E-state index contributed by atoms with van der Waals surface area (Å²) in [6, 6.07) is 10.2. The fourth-order valence-corrected chi connectivity index (χ4v) is 7.22. The number of rotatable bonds is 7. The number of nitrogens with zero attached hydrogens (tertiary/aromatic N) is 2. The van der Waals surface area contributed by atoms with Crippen LogP contribution in [0.1, 0.15) is 32.3 Å². The van der Waals surface area contributed by atoms with Crippen LogP contribution in [0.4, 0.5) is 0 Å². The average molecular weight is 563 g/mol. The van der Waals surface area contributed by atoms with Gasteiger partial charge in [0.25, 0.3) is 0 Å². The lowest BCUT2D eigenvalue weighted by atomic mass is 10.0. The highest BCUT2D eigenvalue weighted by atomic mass is 32.2. The molecule has 0 saturated heterocycles. The van der Waals surface area contributed by atoms with Crippen molar-refractivity contribution in [1.82, 2.24) is 8.61 Å². The van der Waals surface area contributed by atoms with Gasteiger partial charge >= 0.3 is 0 Å². The van der Waals surface area contributed by atoms with Crippen molar-refractivity contribution >= 4 is 20.0 Å². The maximum atomic E-state index is 13.6. The van der Waals surface area contributed by atoms with E-state index in [2.05, 4.69) is 11.8 Å². The average Bonchev–Trinajstić information content (AvgIpc) is 3.73. The molecular weight excluding hydrogens is 528 g/mol. The molecule has 0 unspecified atom stereocenters. The Balaban J connectivity index is 1.70. The third-order valence-electron chi connectivity index (χ3n) is 6.87. The van der Waals surface area contributed by atoms with E-state index in [1.807, 2.05) is 6.92 Å². The first-order valence-electron chi connectivity index (χ1n) is 12.5. The largest absolute Gasteiger partial charge is 0.497 e. The van der Waals surface area contributed by atoms with Crippen molar-refractivity contribution in [2.75, 3.05) is 33.9 Å². The van der Waals surface area contributed by atoms with Gasteiger partial charge in [-0.2, -0.15) is 8.61 Å². The van der Waals surface area contributed by atoms with Crippen LogP contribution in [0.3, 0.4) is 0 Å². The lowest BCUT2D eigenvalue weighted by Gasteiger charge is -2.37. The number of aliphatic hydroxyl groups is 1. The molecule has 2 aliphatic rings. The van der Waals surface area contributed by atoms with Crippen molar-refractivity contribution in [2.24, 2.45) is 11.8 Å². The van der Waals surface area contributed by atoms with Gasteiger partial charge in [0.1, 0.15) is 22.5 Å². The van der Waals surface area contributed by atoms with Crippen molar-refractivity contribution in [3.05, 3.63) is 48.0 Å². The molecule has 1 N–H and O–H groups in total. The number of likely N-dealkylation sites (N-methyl/N-ethyl adjacent to an activating group) is 1. The molecule has 3 atom stereocenters. The predicted octanol–water partition coefficient (Wildman–Crippen LogP) is 2.55. The molecule has 1 saturated carbocycles. The molecule has 1 aliphatic heterocycles. The first kappa shape index (κ1) is 28.4. The zero-order chi connectivity index (χ0) is 27.7. The Labute approximate surface area is 225 Å². The summed E-state index contributed by atoms with van der Waals surface area (Å²) in [6.07, 6.45) is 1.44. The summed E-state index contributed by atoms with van der Waals surface area (Å²) in [5.74, 6) is 6.89. The fourth-order valence-electron chi connectivity index (χ4n) is 4.21. The van der Waals surface area contributed by atoms with Crippen LogP contribution in [0.2, 0.25) is 0 Å². The Bertz CT molecular complexity index is 1430. The van der Waals surface area contributed by atoms with Crippen molar-refractivity contribution < 1.29 is 31.4 Å². The summed E-state index contributed by atoms with van der Waals surface area (Å²) in [4.78, 5) is 0.0720. The molecule has 206 valence electrons. The molecule has 1 aliphatic carbocycles. The molecule has 0 bridgehead atoms. The zero-order valence-electron chi connectivity index (χ0n) is 22.0. The van der Waals surface area contributed by atoms with Crippen LogP contribution in [0.15, 0.2) is 52.3 Å². The summed E-state index contributed by atoms with van der Waals surface area (Å²) in [5.41, 5.74) is 0.624. The Morgan fingerprint density at radius 1 is 1.21 bits per heavy atom. The normalized spacial score (nSPS) is 22.3. The Hall–Kier alpha value is -2.62. The fraction of sp³-hybridized carbons (Fsp3) is 0.481. The molecular formula is C27H34N2O7S2. The Morgan fingerprint density at radius 3 is 2.50 bits per heavy atom. The highest BCUT2D eigenvalue weighted by Gasteiger charge is 2.39. The van der Waals surface area contributed by atoms with Crippen molar-refractivity contribution in [2.45, 2.75) is 48.6 Å². The van der Waals surface area contributed by atoms with Gasteiger partial charge in [-0.1, -0.05) is 18.8 Å². The van der Waals surface area contributed by atoms with Crippen molar-refractivity contribution in [3.8, 4) is 23.3 Å². The van der Waals surface area contributed by atoms with E-state index in [9.17, 15) is 21.9 Å². The summed E-state index contributed by atoms with van der Waals surface area (Å²) in [6.45, 7) is 3.12. The van der Waals surface area contributed by atoms with E-state index in [1.165, 1.54) is 41.0 Å². The molecule has 2 aromatic rings. The second-order valence-corrected chi connectivity index (χ2v) is 13.8. The van der Waals surface area contributed by atoms with Gasteiger partial charge in [-0.25, -0.2) is 16.8 Å². The van der Waals surface area contributed by atoms with E-state index in [0.29, 0.717) is 17.2 Å². The first-order valence-corrected chi connectivity index (χ1v) is 15.4. The summed E-state index contributed by atoms with van der Waals surface area (Å²) in [5, 5.41) is 9.82. The quantitative estimate of drug-likeness (QED) is 0.516. The third-order valence-corrected chi connectivity index (χ3v) is 10.7. The van der Waals surface area contributed by atoms with Crippen LogP contribution < -0.4 is 9.47 Å². The lowest BCUT2D eigenvalue weighted by Crippen LogP contribution is -2.50. The second kappa shape index (κ2) is 11.2. The maximum absolute atomic E-state index is 13.6. The molecule has 0 aromatic heterocycles. The van der Waals surface area contributed by atoms with Gasteiger partial charge in [0.05, 0.1) is 25.2 Å². The van der Waals surface area contributed by atoms with Crippen LogP contribution in [0.25, 0.3) is 0 Å². The van der Waals surface area contributed by atoms with E-state index >= 15 is 0 Å². The molecule has 38 heavy (non-hydrogen) atoms. The number of ether oxygens (including phenoxy) is 2. The number of benzene rings is 2. The highest BCUT2D eigenvalue weighted by molar-refractivity contribution is 7.89. The smallest absolute Gasteiger partial charge is 0.247 e. The van der Waals surface area contributed by atoms with Gasteiger partial charge in [0.15, 0.2) is 0 Å². The van der Waals surface area contributed by atoms with Gasteiger partial charge in [0, 0.05) is 37.0 Å². The minimum atomic E-state index is -4.00. The van der Waals surface area contributed by atoms with Crippen LogP contribution in [-0.4, -0.2) is 76.6 Å². The molecule has 2 aromatic carbocycles. The molecule has 4 rings (SSSR count). The molecule has 9 nitrogen and oxygen atoms in total. The Morgan fingerprint density at radius 2 is 1.89 bits per heavy atom. The number of aliphatic hydroxyl groups excluding tert-OH is 1. The lowest BCUT2D eigenvalue weighted by molar-refractivity contribution is 0.0904. The van der Waals surface area contributed by atoms with Crippen molar-refractivity contribution in [3.63, 3.8) is 0 Å². The third kappa shape index (κ3) is 6.00. The summed E-state index contributed by atoms with van der Waals surface area (Å²) in [7, 11) is -4.88. The van der Waals surface area contributed by atoms with Crippen LogP contribution >= 0.6 is 0 Å². The minimum Gasteiger partial charge on any atom is -0.497 e. The van der Waals surface area contributed by atoms with Gasteiger partial charge in [-0.15, -0.1) is 0 Å². The molecule has 0 amide bonds. The number of fused-ring (bicyclic) bond motifs is 1. The van der Waals surface area contributed by atoms with E-state index in [4.69, 9.17) is 9.47 Å². The van der Waals surface area contributed by atoms with E-state index in [0.717, 1.165) is 12.8 Å². The standard InChI is InChI=1S/C27H34N2O7S2/c1-19-16-29(20(2)18-30)38(33,34)27-14-9-22(8-7-21-5-6-21)15-25(27)36-26(19)17-28(3)37(31,32)24-12-10-23(35-4)11-13-24/h9-15,19-21,26,30H,5-6,16-18H2,1-4H3/t19-,20+,26+/m0/s1. The zero-order valence-corrected chi connectivity index (χ0v) is 23.6. The number of hydrogen-bond acceptors (Lipinski definition) is 7. The van der Waals surface area contributed by atoms with E-state index < -0.39 is 38.1 Å². The van der Waals surface area contributed by atoms with Crippen LogP contribution in [0.5, 0.6) is 11.5 Å². The number of sulfonamides is 2. The monoisotopic (exact) mass is 562 g/mol. The molecule has 1 heterocycles. The molecule has 1 fully saturated rings. The van der Waals surface area contributed by atoms with Crippen molar-refractivity contribution in [1.29, 1.82) is 0 Å². The summed E-state index contributed by atoms with van der Waals surface area (Å²) >= 11 is 0. The van der Waals surface area contributed by atoms with E-state index in [1.54, 1.807) is 31.2 Å². The minimum absolute atomic E-state index is 0.0195. The second-order valence-electron chi connectivity index (χ2n) is 9.91. The number of hydrogen-bond donors (Lipinski definition) is 1. The van der Waals surface area contributed by atoms with E-state index in [-0.39, 0.29) is 35.2 Å². The van der Waals surface area contributed by atoms with Gasteiger partial charge in [-0.3, -0.25) is 0 Å². The van der Waals surface area contributed by atoms with Crippen LogP contribution in [0, 0.1) is 23.7 Å². The van der Waals surface area contributed by atoms with Gasteiger partial charge in [-0.05, 0) is 62.2 Å². The Kier molecular flexibility index (Phi) is 8.40. The number of methoxy groups -OCH3 is 1. The molecule has 0 radical (unpaired) electrons. The SMILES string of the molecule is COc1ccc(S(=O)(=O)N(C)C[C@H]2Oc3cc(C#CC4CC4)ccc3S(=O)(=O)N([C@H](C)CO)C[C@@H]2C)cc1. The van der Waals surface area contributed by atoms with Gasteiger partial charge in [0.2, 0.25) is 20.0 Å². The summed E-state index contributed by atoms with van der Waals surface area (Å²) < 4.78 is 67.8. The first-order chi connectivity index (χ1) is 18.0. The molecule has 11 heteroatoms. The van der Waals surface area contributed by atoms with Gasteiger partial charge < -0.3 is 14.6 Å². The molecule has 0 spiro atoms.